The quantitative estimate of drug-likeness (QED) is 0.300. The second-order valence-electron chi connectivity index (χ2n) is 12.7. The van der Waals surface area contributed by atoms with Gasteiger partial charge in [-0.2, -0.15) is 5.26 Å². The van der Waals surface area contributed by atoms with E-state index in [2.05, 4.69) is 51.6 Å². The van der Waals surface area contributed by atoms with E-state index in [1.165, 1.54) is 12.4 Å². The van der Waals surface area contributed by atoms with Crippen LogP contribution in [0.1, 0.15) is 26.7 Å². The van der Waals surface area contributed by atoms with Crippen molar-refractivity contribution in [3.63, 3.8) is 0 Å². The number of carbonyl (C=O) groups is 1. The van der Waals surface area contributed by atoms with Gasteiger partial charge in [-0.25, -0.2) is 14.4 Å². The highest BCUT2D eigenvalue weighted by molar-refractivity contribution is 5.97. The van der Waals surface area contributed by atoms with Crippen molar-refractivity contribution in [1.82, 2.24) is 24.7 Å². The minimum atomic E-state index is -0.475. The van der Waals surface area contributed by atoms with Crippen molar-refractivity contribution in [2.24, 2.45) is 0 Å². The number of nitrogen functional groups attached to an aromatic ring is 1. The Morgan fingerprint density at radius 2 is 1.85 bits per heavy atom. The molecule has 1 aromatic heterocycles. The fourth-order valence-corrected chi connectivity index (χ4v) is 6.55. The Balaban J connectivity index is 1.21. The van der Waals surface area contributed by atoms with Gasteiger partial charge in [0, 0.05) is 56.9 Å². The van der Waals surface area contributed by atoms with Crippen molar-refractivity contribution < 1.29 is 13.9 Å². The van der Waals surface area contributed by atoms with Crippen molar-refractivity contribution in [2.45, 2.75) is 38.3 Å². The number of benzene rings is 2. The van der Waals surface area contributed by atoms with E-state index in [-0.39, 0.29) is 30.0 Å². The predicted octanol–water partition coefficient (Wildman–Crippen LogP) is 4.37. The lowest BCUT2D eigenvalue weighted by molar-refractivity contribution is -0.127. The number of nitrogens with two attached hydrogens (primary N) is 1. The zero-order valence-corrected chi connectivity index (χ0v) is 26.6. The van der Waals surface area contributed by atoms with Gasteiger partial charge in [-0.1, -0.05) is 18.2 Å². The molecular formula is C34H40FN9O2. The Labute approximate surface area is 269 Å². The number of anilines is 4. The summed E-state index contributed by atoms with van der Waals surface area (Å²) in [6.07, 6.45) is 4.77. The number of hydrogen-bond donors (Lipinski definition) is 1. The number of fused-ring (bicyclic) bond motifs is 1. The van der Waals surface area contributed by atoms with Crippen LogP contribution >= 0.6 is 0 Å². The molecule has 0 spiro atoms. The van der Waals surface area contributed by atoms with E-state index in [9.17, 15) is 10.1 Å². The number of likely N-dealkylation sites (N-methyl/N-ethyl adjacent to an activating group) is 1. The first-order valence-electron chi connectivity index (χ1n) is 15.7. The first kappa shape index (κ1) is 31.3. The lowest BCUT2D eigenvalue weighted by Gasteiger charge is -2.42. The van der Waals surface area contributed by atoms with Crippen LogP contribution in [0.2, 0.25) is 0 Å². The third kappa shape index (κ3) is 6.34. The molecule has 0 radical (unpaired) electrons. The number of likely N-dealkylation sites (tertiary alicyclic amines) is 1. The minimum Gasteiger partial charge on any atom is -0.457 e. The third-order valence-electron chi connectivity index (χ3n) is 9.15. The molecule has 12 heteroatoms. The summed E-state index contributed by atoms with van der Waals surface area (Å²) in [5.41, 5.74) is 6.90. The number of nitriles is 1. The van der Waals surface area contributed by atoms with Crippen LogP contribution in [0.4, 0.5) is 27.4 Å². The van der Waals surface area contributed by atoms with Crippen molar-refractivity contribution >= 4 is 28.9 Å². The molecule has 2 saturated heterocycles. The molecular weight excluding hydrogens is 585 g/mol. The fourth-order valence-electron chi connectivity index (χ4n) is 6.55. The zero-order chi connectivity index (χ0) is 32.4. The van der Waals surface area contributed by atoms with Gasteiger partial charge in [0.1, 0.15) is 35.2 Å². The van der Waals surface area contributed by atoms with Crippen LogP contribution in [0.3, 0.4) is 0 Å². The lowest BCUT2D eigenvalue weighted by atomic mass is 9.96. The maximum atomic E-state index is 15.7. The van der Waals surface area contributed by atoms with Gasteiger partial charge in [0.25, 0.3) is 5.91 Å². The SMILES string of the molecule is CN1CCN(C(C)(C)/C=C(\C#N)C(=O)N2CCC[C@@H](N3CN(c4ccc(Oc5ccccc5)cc4F)c4c(N)ncnc43)C2)CC1. The Kier molecular flexibility index (Phi) is 8.80. The average Bonchev–Trinajstić information content (AvgIpc) is 3.45. The highest BCUT2D eigenvalue weighted by Crippen LogP contribution is 2.45. The molecule has 1 amide bonds. The van der Waals surface area contributed by atoms with Gasteiger partial charge in [0.2, 0.25) is 0 Å². The number of rotatable bonds is 7. The van der Waals surface area contributed by atoms with Crippen LogP contribution in [0.15, 0.2) is 66.5 Å². The first-order valence-corrected chi connectivity index (χ1v) is 15.7. The molecule has 2 N–H and O–H groups in total. The maximum absolute atomic E-state index is 15.7. The van der Waals surface area contributed by atoms with Crippen molar-refractivity contribution in [3.05, 3.63) is 72.3 Å². The van der Waals surface area contributed by atoms with E-state index >= 15 is 4.39 Å². The van der Waals surface area contributed by atoms with Crippen molar-refractivity contribution in [2.75, 3.05) is 68.5 Å². The number of piperidine rings is 1. The molecule has 11 nitrogen and oxygen atoms in total. The normalized spacial score (nSPS) is 19.6. The molecule has 3 aliphatic rings. The van der Waals surface area contributed by atoms with E-state index in [1.54, 1.807) is 34.1 Å². The largest absolute Gasteiger partial charge is 0.457 e. The van der Waals surface area contributed by atoms with E-state index in [1.807, 2.05) is 24.3 Å². The lowest BCUT2D eigenvalue weighted by Crippen LogP contribution is -2.53. The molecule has 0 aliphatic carbocycles. The Morgan fingerprint density at radius 1 is 1.09 bits per heavy atom. The van der Waals surface area contributed by atoms with Gasteiger partial charge in [0.15, 0.2) is 17.5 Å². The van der Waals surface area contributed by atoms with E-state index in [0.717, 1.165) is 39.0 Å². The summed E-state index contributed by atoms with van der Waals surface area (Å²) in [6.45, 7) is 8.97. The molecule has 3 aromatic rings. The van der Waals surface area contributed by atoms with Gasteiger partial charge < -0.3 is 30.1 Å². The smallest absolute Gasteiger partial charge is 0.264 e. The van der Waals surface area contributed by atoms with Gasteiger partial charge in [-0.15, -0.1) is 0 Å². The van der Waals surface area contributed by atoms with E-state index in [4.69, 9.17) is 10.5 Å². The maximum Gasteiger partial charge on any atom is 0.264 e. The Hall–Kier alpha value is -4.73. The van der Waals surface area contributed by atoms with Crippen molar-refractivity contribution in [1.29, 1.82) is 5.26 Å². The number of piperazine rings is 1. The predicted molar refractivity (Wildman–Crippen MR) is 175 cm³/mol. The molecule has 2 aromatic carbocycles. The molecule has 0 unspecified atom stereocenters. The third-order valence-corrected chi connectivity index (χ3v) is 9.15. The zero-order valence-electron chi connectivity index (χ0n) is 26.6. The topological polar surface area (TPSA) is 118 Å². The summed E-state index contributed by atoms with van der Waals surface area (Å²) in [5, 5.41) is 10.1. The molecule has 3 aliphatic heterocycles. The standard InChI is InChI=1S/C34H40FN9O2/c1-34(2,42-16-14-40(3)15-17-42)19-24(20-36)33(45)41-13-7-8-25(21-41)43-23-44(30-31(37)38-22-39-32(30)43)29-12-11-27(18-28(29)35)46-26-9-5-4-6-10-26/h4-6,9-12,18-19,22,25H,7-8,13-17,21,23H2,1-3H3,(H2,37,38,39)/b24-19+/t25-/m1/s1. The summed E-state index contributed by atoms with van der Waals surface area (Å²) in [7, 11) is 2.10. The van der Waals surface area contributed by atoms with Crippen LogP contribution in [0.5, 0.6) is 11.5 Å². The van der Waals surface area contributed by atoms with Crippen LogP contribution in [0, 0.1) is 17.1 Å². The second-order valence-corrected chi connectivity index (χ2v) is 12.7. The van der Waals surface area contributed by atoms with Gasteiger partial charge in [-0.3, -0.25) is 9.69 Å². The number of halogens is 1. The Bertz CT molecular complexity index is 1650. The average molecular weight is 626 g/mol. The number of aromatic nitrogens is 2. The fraction of sp³-hybridized carbons (Fsp3) is 0.412. The molecule has 1 atom stereocenters. The van der Waals surface area contributed by atoms with Gasteiger partial charge in [-0.05, 0) is 64.1 Å². The number of ether oxygens (including phenoxy) is 1. The summed E-state index contributed by atoms with van der Waals surface area (Å²) in [6, 6.07) is 16.0. The summed E-state index contributed by atoms with van der Waals surface area (Å²) >= 11 is 0. The van der Waals surface area contributed by atoms with Crippen LogP contribution in [-0.2, 0) is 4.79 Å². The number of hydrogen-bond acceptors (Lipinski definition) is 10. The first-order chi connectivity index (χ1) is 22.1. The summed E-state index contributed by atoms with van der Waals surface area (Å²) < 4.78 is 21.5. The van der Waals surface area contributed by atoms with E-state index < -0.39 is 11.4 Å². The molecule has 0 saturated carbocycles. The number of nitrogens with zero attached hydrogens (tertiary/aromatic N) is 8. The van der Waals surface area contributed by atoms with Gasteiger partial charge in [0.05, 0.1) is 12.4 Å². The van der Waals surface area contributed by atoms with E-state index in [0.29, 0.717) is 41.8 Å². The highest BCUT2D eigenvalue weighted by Gasteiger charge is 2.39. The highest BCUT2D eigenvalue weighted by atomic mass is 19.1. The Morgan fingerprint density at radius 3 is 2.57 bits per heavy atom. The monoisotopic (exact) mass is 625 g/mol. The molecule has 2 fully saturated rings. The van der Waals surface area contributed by atoms with Crippen LogP contribution < -0.4 is 20.3 Å². The number of carbonyl (C=O) groups excluding carboxylic acids is 1. The van der Waals surface area contributed by atoms with Crippen molar-refractivity contribution in [3.8, 4) is 17.6 Å². The molecule has 4 heterocycles. The second kappa shape index (κ2) is 12.9. The molecule has 6 rings (SSSR count). The molecule has 46 heavy (non-hydrogen) atoms. The summed E-state index contributed by atoms with van der Waals surface area (Å²) in [4.78, 5) is 32.7. The molecule has 0 bridgehead atoms. The minimum absolute atomic E-state index is 0.120. The molecule has 240 valence electrons. The van der Waals surface area contributed by atoms with Gasteiger partial charge >= 0.3 is 0 Å². The number of para-hydroxylation sites is 1. The number of amides is 1. The van der Waals surface area contributed by atoms with Crippen LogP contribution in [0.25, 0.3) is 0 Å². The van der Waals surface area contributed by atoms with Crippen LogP contribution in [-0.4, -0.2) is 95.1 Å². The summed E-state index contributed by atoms with van der Waals surface area (Å²) in [5.74, 6) is 1.06.